The van der Waals surface area contributed by atoms with Gasteiger partial charge in [0.25, 0.3) is 0 Å². The third kappa shape index (κ3) is 4.88. The van der Waals surface area contributed by atoms with Gasteiger partial charge in [-0.1, -0.05) is 45.9 Å². The molecule has 1 aromatic heterocycles. The van der Waals surface area contributed by atoms with Gasteiger partial charge in [0.15, 0.2) is 5.16 Å². The van der Waals surface area contributed by atoms with Gasteiger partial charge < -0.3 is 4.90 Å². The van der Waals surface area contributed by atoms with E-state index in [0.717, 1.165) is 56.2 Å². The molecule has 1 amide bonds. The summed E-state index contributed by atoms with van der Waals surface area (Å²) in [5.41, 5.74) is -0.414. The van der Waals surface area contributed by atoms with Gasteiger partial charge in [-0.2, -0.15) is 0 Å². The molecule has 0 spiro atoms. The zero-order chi connectivity index (χ0) is 17.7. The number of amides is 1. The van der Waals surface area contributed by atoms with Gasteiger partial charge in [0.2, 0.25) is 5.91 Å². The third-order valence-corrected chi connectivity index (χ3v) is 5.66. The highest BCUT2D eigenvalue weighted by Crippen LogP contribution is 2.27. The fourth-order valence-electron chi connectivity index (χ4n) is 2.90. The van der Waals surface area contributed by atoms with Gasteiger partial charge in [0, 0.05) is 30.8 Å². The SMILES string of the molecule is CCCCn1c(SCC2CCN(C(=O)C(C)(C)C)CC2)n[nH]c1=O. The first-order chi connectivity index (χ1) is 11.3. The van der Waals surface area contributed by atoms with Crippen LogP contribution in [0, 0.1) is 11.3 Å². The Morgan fingerprint density at radius 3 is 2.58 bits per heavy atom. The van der Waals surface area contributed by atoms with Gasteiger partial charge in [-0.05, 0) is 25.2 Å². The lowest BCUT2D eigenvalue weighted by atomic mass is 9.92. The number of H-pyrrole nitrogens is 1. The van der Waals surface area contributed by atoms with Gasteiger partial charge >= 0.3 is 5.69 Å². The highest BCUT2D eigenvalue weighted by Gasteiger charge is 2.30. The molecule has 7 heteroatoms. The van der Waals surface area contributed by atoms with Crippen molar-refractivity contribution >= 4 is 17.7 Å². The summed E-state index contributed by atoms with van der Waals surface area (Å²) in [5.74, 6) is 1.77. The summed E-state index contributed by atoms with van der Waals surface area (Å²) in [7, 11) is 0. The van der Waals surface area contributed by atoms with Crippen molar-refractivity contribution in [3.63, 3.8) is 0 Å². The molecule has 6 nitrogen and oxygen atoms in total. The topological polar surface area (TPSA) is 71.0 Å². The Labute approximate surface area is 148 Å². The Hall–Kier alpha value is -1.24. The van der Waals surface area contributed by atoms with Crippen LogP contribution in [0.1, 0.15) is 53.4 Å². The molecule has 0 saturated carbocycles. The van der Waals surface area contributed by atoms with Crippen LogP contribution in [0.4, 0.5) is 0 Å². The predicted octanol–water partition coefficient (Wildman–Crippen LogP) is 2.75. The van der Waals surface area contributed by atoms with Crippen molar-refractivity contribution < 1.29 is 4.79 Å². The van der Waals surface area contributed by atoms with Gasteiger partial charge in [0.05, 0.1) is 0 Å². The number of aromatic amines is 1. The predicted molar refractivity (Wildman–Crippen MR) is 97.2 cm³/mol. The van der Waals surface area contributed by atoms with Crippen molar-refractivity contribution in [3.05, 3.63) is 10.5 Å². The maximum absolute atomic E-state index is 12.3. The first-order valence-electron chi connectivity index (χ1n) is 8.90. The lowest BCUT2D eigenvalue weighted by molar-refractivity contribution is -0.140. The fourth-order valence-corrected chi connectivity index (χ4v) is 4.05. The second-order valence-electron chi connectivity index (χ2n) is 7.61. The maximum Gasteiger partial charge on any atom is 0.343 e. The number of nitrogens with one attached hydrogen (secondary N) is 1. The van der Waals surface area contributed by atoms with E-state index in [1.54, 1.807) is 16.3 Å². The first kappa shape index (κ1) is 19.1. The number of carbonyl (C=O) groups is 1. The van der Waals surface area contributed by atoms with Crippen LogP contribution in [-0.2, 0) is 11.3 Å². The Morgan fingerprint density at radius 2 is 2.00 bits per heavy atom. The standard InChI is InChI=1S/C17H30N4O2S/c1-5-6-9-21-15(23)18-19-16(21)24-12-13-7-10-20(11-8-13)14(22)17(2,3)4/h13H,5-12H2,1-4H3,(H,18,23). The average Bonchev–Trinajstić information content (AvgIpc) is 2.90. The normalized spacial score (nSPS) is 16.6. The van der Waals surface area contributed by atoms with Crippen molar-refractivity contribution in [2.45, 2.75) is 65.1 Å². The smallest absolute Gasteiger partial charge is 0.342 e. The van der Waals surface area contributed by atoms with Gasteiger partial charge in [-0.25, -0.2) is 9.89 Å². The summed E-state index contributed by atoms with van der Waals surface area (Å²) in [6.45, 7) is 10.4. The maximum atomic E-state index is 12.3. The van der Waals surface area contributed by atoms with E-state index in [9.17, 15) is 9.59 Å². The zero-order valence-corrected chi connectivity index (χ0v) is 16.1. The second-order valence-corrected chi connectivity index (χ2v) is 8.60. The number of rotatable bonds is 6. The summed E-state index contributed by atoms with van der Waals surface area (Å²) in [5, 5.41) is 7.50. The summed E-state index contributed by atoms with van der Waals surface area (Å²) in [4.78, 5) is 26.1. The minimum absolute atomic E-state index is 0.114. The molecular weight excluding hydrogens is 324 g/mol. The molecule has 0 bridgehead atoms. The number of nitrogens with zero attached hydrogens (tertiary/aromatic N) is 3. The van der Waals surface area contributed by atoms with Crippen molar-refractivity contribution in [2.24, 2.45) is 11.3 Å². The highest BCUT2D eigenvalue weighted by molar-refractivity contribution is 7.99. The van der Waals surface area contributed by atoms with Crippen LogP contribution in [-0.4, -0.2) is 44.4 Å². The lowest BCUT2D eigenvalue weighted by Crippen LogP contribution is -2.44. The molecule has 1 fully saturated rings. The highest BCUT2D eigenvalue weighted by atomic mass is 32.2. The number of carbonyl (C=O) groups excluding carboxylic acids is 1. The molecule has 2 heterocycles. The van der Waals surface area contributed by atoms with Crippen molar-refractivity contribution in [1.82, 2.24) is 19.7 Å². The van der Waals surface area contributed by atoms with Gasteiger partial charge in [0.1, 0.15) is 0 Å². The molecule has 136 valence electrons. The summed E-state index contributed by atoms with van der Waals surface area (Å²) < 4.78 is 1.74. The molecule has 0 aromatic carbocycles. The monoisotopic (exact) mass is 354 g/mol. The van der Waals surface area contributed by atoms with E-state index >= 15 is 0 Å². The Balaban J connectivity index is 1.83. The number of aromatic nitrogens is 3. The number of thioether (sulfide) groups is 1. The fraction of sp³-hybridized carbons (Fsp3) is 0.824. The van der Waals surface area contributed by atoms with Gasteiger partial charge in [-0.15, -0.1) is 5.10 Å². The van der Waals surface area contributed by atoms with Crippen LogP contribution in [0.15, 0.2) is 9.95 Å². The molecule has 1 aromatic rings. The molecule has 0 unspecified atom stereocenters. The van der Waals surface area contributed by atoms with E-state index in [-0.39, 0.29) is 17.0 Å². The van der Waals surface area contributed by atoms with Crippen molar-refractivity contribution in [3.8, 4) is 0 Å². The van der Waals surface area contributed by atoms with Crippen LogP contribution < -0.4 is 5.69 Å². The number of hydrogen-bond donors (Lipinski definition) is 1. The van der Waals surface area contributed by atoms with Crippen LogP contribution in [0.2, 0.25) is 0 Å². The molecular formula is C17H30N4O2S. The number of unbranched alkanes of at least 4 members (excludes halogenated alkanes) is 1. The second kappa shape index (κ2) is 8.23. The average molecular weight is 355 g/mol. The molecule has 1 aliphatic rings. The number of piperidine rings is 1. The van der Waals surface area contributed by atoms with Crippen LogP contribution >= 0.6 is 11.8 Å². The minimum atomic E-state index is -0.300. The Morgan fingerprint density at radius 1 is 1.33 bits per heavy atom. The zero-order valence-electron chi connectivity index (χ0n) is 15.3. The minimum Gasteiger partial charge on any atom is -0.342 e. The third-order valence-electron chi connectivity index (χ3n) is 4.45. The quantitative estimate of drug-likeness (QED) is 0.798. The van der Waals surface area contributed by atoms with Crippen molar-refractivity contribution in [1.29, 1.82) is 0 Å². The number of likely N-dealkylation sites (tertiary alicyclic amines) is 1. The van der Waals surface area contributed by atoms with Crippen LogP contribution in [0.5, 0.6) is 0 Å². The molecule has 24 heavy (non-hydrogen) atoms. The molecule has 0 radical (unpaired) electrons. The molecule has 0 aliphatic carbocycles. The van der Waals surface area contributed by atoms with Crippen molar-refractivity contribution in [2.75, 3.05) is 18.8 Å². The van der Waals surface area contributed by atoms with E-state index in [2.05, 4.69) is 17.1 Å². The molecule has 1 N–H and O–H groups in total. The summed E-state index contributed by atoms with van der Waals surface area (Å²) >= 11 is 1.66. The van der Waals surface area contributed by atoms with E-state index in [1.807, 2.05) is 25.7 Å². The Kier molecular flexibility index (Phi) is 6.54. The molecule has 1 aliphatic heterocycles. The molecule has 2 rings (SSSR count). The lowest BCUT2D eigenvalue weighted by Gasteiger charge is -2.35. The largest absolute Gasteiger partial charge is 0.343 e. The number of hydrogen-bond acceptors (Lipinski definition) is 4. The van der Waals surface area contributed by atoms with E-state index in [4.69, 9.17) is 0 Å². The summed E-state index contributed by atoms with van der Waals surface area (Å²) in [6.07, 6.45) is 4.10. The van der Waals surface area contributed by atoms with Crippen LogP contribution in [0.25, 0.3) is 0 Å². The molecule has 1 saturated heterocycles. The molecule has 0 atom stereocenters. The first-order valence-corrected chi connectivity index (χ1v) is 9.89. The van der Waals surface area contributed by atoms with E-state index in [1.165, 1.54) is 0 Å². The summed E-state index contributed by atoms with van der Waals surface area (Å²) in [6, 6.07) is 0. The van der Waals surface area contributed by atoms with Crippen LogP contribution in [0.3, 0.4) is 0 Å². The van der Waals surface area contributed by atoms with E-state index < -0.39 is 0 Å². The van der Waals surface area contributed by atoms with Gasteiger partial charge in [-0.3, -0.25) is 9.36 Å². The van der Waals surface area contributed by atoms with E-state index in [0.29, 0.717) is 5.92 Å². The Bertz CT molecular complexity index is 594.